The third-order valence-electron chi connectivity index (χ3n) is 2.40. The second-order valence-electron chi connectivity index (χ2n) is 3.57. The van der Waals surface area contributed by atoms with E-state index < -0.39 is 0 Å². The molecule has 16 heavy (non-hydrogen) atoms. The molecule has 0 radical (unpaired) electrons. The Balaban J connectivity index is 0.00000128. The maximum Gasteiger partial charge on any atom is 0.153 e. The zero-order valence-corrected chi connectivity index (χ0v) is 10.1. The van der Waals surface area contributed by atoms with Crippen molar-refractivity contribution in [2.75, 3.05) is 0 Å². The summed E-state index contributed by atoms with van der Waals surface area (Å²) >= 11 is 0. The lowest BCUT2D eigenvalue weighted by Crippen LogP contribution is -2.07. The molecule has 0 aromatic carbocycles. The molecule has 1 unspecified atom stereocenters. The van der Waals surface area contributed by atoms with Crippen LogP contribution < -0.4 is 5.73 Å². The fraction of sp³-hybridized carbons (Fsp3) is 0.273. The Labute approximate surface area is 101 Å². The second-order valence-corrected chi connectivity index (χ2v) is 3.57. The van der Waals surface area contributed by atoms with Crippen molar-refractivity contribution in [1.82, 2.24) is 14.8 Å². The average molecular weight is 239 g/mol. The zero-order chi connectivity index (χ0) is 10.8. The summed E-state index contributed by atoms with van der Waals surface area (Å²) in [6.45, 7) is 3.95. The van der Waals surface area contributed by atoms with E-state index in [-0.39, 0.29) is 18.4 Å². The summed E-state index contributed by atoms with van der Waals surface area (Å²) in [4.78, 5) is 4.24. The predicted molar refractivity (Wildman–Crippen MR) is 65.9 cm³/mol. The van der Waals surface area contributed by atoms with Gasteiger partial charge in [0.1, 0.15) is 0 Å². The minimum absolute atomic E-state index is 0. The van der Waals surface area contributed by atoms with E-state index in [1.165, 1.54) is 0 Å². The number of hydrogen-bond donors (Lipinski definition) is 1. The van der Waals surface area contributed by atoms with Gasteiger partial charge in [0.05, 0.1) is 6.20 Å². The molecule has 2 rings (SSSR count). The van der Waals surface area contributed by atoms with E-state index in [1.54, 1.807) is 17.1 Å². The van der Waals surface area contributed by atoms with E-state index in [2.05, 4.69) is 10.1 Å². The van der Waals surface area contributed by atoms with Gasteiger partial charge in [-0.25, -0.2) is 9.67 Å². The lowest BCUT2D eigenvalue weighted by atomic mass is 10.1. The minimum atomic E-state index is 0. The first-order valence-electron chi connectivity index (χ1n) is 4.91. The number of aromatic nitrogens is 3. The second kappa shape index (κ2) is 5.09. The molecule has 0 aliphatic heterocycles. The van der Waals surface area contributed by atoms with Gasteiger partial charge in [0.25, 0.3) is 0 Å². The molecule has 2 heterocycles. The Bertz CT molecular complexity index is 450. The molecule has 0 amide bonds. The van der Waals surface area contributed by atoms with Crippen molar-refractivity contribution < 1.29 is 0 Å². The first kappa shape index (κ1) is 12.7. The van der Waals surface area contributed by atoms with Crippen LogP contribution in [0.2, 0.25) is 0 Å². The molecule has 0 saturated heterocycles. The highest BCUT2D eigenvalue weighted by Crippen LogP contribution is 2.16. The van der Waals surface area contributed by atoms with Gasteiger partial charge in [-0.15, -0.1) is 12.4 Å². The van der Waals surface area contributed by atoms with Gasteiger partial charge in [-0.05, 0) is 26.0 Å². The molecule has 0 fully saturated rings. The topological polar surface area (TPSA) is 56.7 Å². The Morgan fingerprint density at radius 3 is 2.62 bits per heavy atom. The van der Waals surface area contributed by atoms with Gasteiger partial charge in [-0.3, -0.25) is 0 Å². The SMILES string of the molecule is Cc1c(C(C)N)cnn1-c1ccccn1.Cl. The standard InChI is InChI=1S/C11H14N4.ClH/c1-8(12)10-7-14-15(9(10)2)11-5-3-4-6-13-11;/h3-8H,12H2,1-2H3;1H. The first-order chi connectivity index (χ1) is 7.20. The smallest absolute Gasteiger partial charge is 0.153 e. The van der Waals surface area contributed by atoms with Crippen molar-refractivity contribution in [2.24, 2.45) is 5.73 Å². The first-order valence-corrected chi connectivity index (χ1v) is 4.91. The van der Waals surface area contributed by atoms with Crippen molar-refractivity contribution in [3.8, 4) is 5.82 Å². The Hall–Kier alpha value is -1.39. The van der Waals surface area contributed by atoms with Crippen LogP contribution in [0.25, 0.3) is 5.82 Å². The summed E-state index contributed by atoms with van der Waals surface area (Å²) in [6.07, 6.45) is 3.55. The minimum Gasteiger partial charge on any atom is -0.324 e. The van der Waals surface area contributed by atoms with Crippen molar-refractivity contribution in [3.63, 3.8) is 0 Å². The predicted octanol–water partition coefficient (Wildman–Crippen LogP) is 2.02. The van der Waals surface area contributed by atoms with Crippen LogP contribution >= 0.6 is 12.4 Å². The molecule has 0 spiro atoms. The van der Waals surface area contributed by atoms with Gasteiger partial charge < -0.3 is 5.73 Å². The van der Waals surface area contributed by atoms with Gasteiger partial charge >= 0.3 is 0 Å². The Kier molecular flexibility index (Phi) is 4.04. The van der Waals surface area contributed by atoms with Crippen LogP contribution in [0.15, 0.2) is 30.6 Å². The van der Waals surface area contributed by atoms with Gasteiger partial charge in [0.15, 0.2) is 5.82 Å². The average Bonchev–Trinajstić information content (AvgIpc) is 2.61. The molecule has 0 bridgehead atoms. The number of hydrogen-bond acceptors (Lipinski definition) is 3. The molecule has 0 aliphatic carbocycles. The summed E-state index contributed by atoms with van der Waals surface area (Å²) < 4.78 is 1.80. The lowest BCUT2D eigenvalue weighted by molar-refractivity contribution is 0.787. The van der Waals surface area contributed by atoms with Crippen molar-refractivity contribution in [1.29, 1.82) is 0 Å². The van der Waals surface area contributed by atoms with Crippen LogP contribution in [0.3, 0.4) is 0 Å². The monoisotopic (exact) mass is 238 g/mol. The quantitative estimate of drug-likeness (QED) is 0.871. The number of halogens is 1. The van der Waals surface area contributed by atoms with Gasteiger partial charge in [-0.1, -0.05) is 6.07 Å². The highest BCUT2D eigenvalue weighted by atomic mass is 35.5. The molecule has 2 N–H and O–H groups in total. The number of nitrogens with zero attached hydrogens (tertiary/aromatic N) is 3. The summed E-state index contributed by atoms with van der Waals surface area (Å²) in [7, 11) is 0. The van der Waals surface area contributed by atoms with Crippen LogP contribution in [0.4, 0.5) is 0 Å². The summed E-state index contributed by atoms with van der Waals surface area (Å²) in [5.74, 6) is 0.821. The fourth-order valence-electron chi connectivity index (χ4n) is 1.58. The van der Waals surface area contributed by atoms with Crippen molar-refractivity contribution in [2.45, 2.75) is 19.9 Å². The maximum atomic E-state index is 5.83. The molecular formula is C11H15ClN4. The van der Waals surface area contributed by atoms with Gasteiger partial charge in [0, 0.05) is 23.5 Å². The zero-order valence-electron chi connectivity index (χ0n) is 9.29. The summed E-state index contributed by atoms with van der Waals surface area (Å²) in [5.41, 5.74) is 7.93. The van der Waals surface area contributed by atoms with Gasteiger partial charge in [0.2, 0.25) is 0 Å². The molecule has 2 aromatic rings. The highest BCUT2D eigenvalue weighted by Gasteiger charge is 2.11. The Morgan fingerprint density at radius 2 is 2.12 bits per heavy atom. The third kappa shape index (κ3) is 2.23. The third-order valence-corrected chi connectivity index (χ3v) is 2.40. The summed E-state index contributed by atoms with van der Waals surface area (Å²) in [5, 5.41) is 4.28. The molecule has 0 aliphatic rings. The van der Waals surface area contributed by atoms with Crippen LogP contribution in [0.1, 0.15) is 24.2 Å². The lowest BCUT2D eigenvalue weighted by Gasteiger charge is -2.05. The van der Waals surface area contributed by atoms with E-state index >= 15 is 0 Å². The number of pyridine rings is 1. The number of rotatable bonds is 2. The van der Waals surface area contributed by atoms with E-state index in [4.69, 9.17) is 5.73 Å². The van der Waals surface area contributed by atoms with E-state index in [0.29, 0.717) is 0 Å². The molecule has 2 aromatic heterocycles. The van der Waals surface area contributed by atoms with Crippen LogP contribution in [0.5, 0.6) is 0 Å². The molecular weight excluding hydrogens is 224 g/mol. The maximum absolute atomic E-state index is 5.83. The van der Waals surface area contributed by atoms with E-state index in [9.17, 15) is 0 Å². The normalized spacial score (nSPS) is 11.9. The van der Waals surface area contributed by atoms with Gasteiger partial charge in [-0.2, -0.15) is 5.10 Å². The fourth-order valence-corrected chi connectivity index (χ4v) is 1.58. The van der Waals surface area contributed by atoms with Crippen LogP contribution in [0, 0.1) is 6.92 Å². The number of nitrogens with two attached hydrogens (primary N) is 1. The molecule has 0 saturated carbocycles. The largest absolute Gasteiger partial charge is 0.324 e. The van der Waals surface area contributed by atoms with Crippen molar-refractivity contribution in [3.05, 3.63) is 41.9 Å². The molecule has 1 atom stereocenters. The molecule has 86 valence electrons. The van der Waals surface area contributed by atoms with Crippen LogP contribution in [-0.2, 0) is 0 Å². The Morgan fingerprint density at radius 1 is 1.38 bits per heavy atom. The van der Waals surface area contributed by atoms with Crippen molar-refractivity contribution >= 4 is 12.4 Å². The molecule has 5 heteroatoms. The van der Waals surface area contributed by atoms with Crippen LogP contribution in [-0.4, -0.2) is 14.8 Å². The van der Waals surface area contributed by atoms with E-state index in [1.807, 2.05) is 32.0 Å². The van der Waals surface area contributed by atoms with E-state index in [0.717, 1.165) is 17.1 Å². The molecule has 4 nitrogen and oxygen atoms in total. The summed E-state index contributed by atoms with van der Waals surface area (Å²) in [6, 6.07) is 5.75. The highest BCUT2D eigenvalue weighted by molar-refractivity contribution is 5.85.